The maximum Gasteiger partial charge on any atom is 0.322 e. The first-order valence-corrected chi connectivity index (χ1v) is 19.3. The highest BCUT2D eigenvalue weighted by molar-refractivity contribution is 5.97. The van der Waals surface area contributed by atoms with Crippen LogP contribution in [0.4, 0.5) is 0 Å². The number of aromatic hydroxyl groups is 1. The van der Waals surface area contributed by atoms with Crippen LogP contribution in [0.15, 0.2) is 34.3 Å². The number of benzene rings is 1. The molecule has 0 spiro atoms. The van der Waals surface area contributed by atoms with Crippen LogP contribution in [0.3, 0.4) is 0 Å². The van der Waals surface area contributed by atoms with Gasteiger partial charge in [-0.2, -0.15) is 0 Å². The van der Waals surface area contributed by atoms with Crippen molar-refractivity contribution in [1.29, 1.82) is 0 Å². The summed E-state index contributed by atoms with van der Waals surface area (Å²) >= 11 is 0. The summed E-state index contributed by atoms with van der Waals surface area (Å²) in [5, 5.41) is 36.3. The molecule has 0 aliphatic carbocycles. The zero-order valence-electron chi connectivity index (χ0n) is 34.6. The summed E-state index contributed by atoms with van der Waals surface area (Å²) in [4.78, 5) is 111. The number of rotatable bonds is 26. The van der Waals surface area contributed by atoms with Gasteiger partial charge in [0.25, 0.3) is 0 Å². The molecule has 0 saturated carbocycles. The number of nitrogens with zero attached hydrogens (tertiary/aromatic N) is 2. The quantitative estimate of drug-likeness (QED) is 0.0242. The van der Waals surface area contributed by atoms with E-state index in [0.717, 1.165) is 0 Å². The summed E-state index contributed by atoms with van der Waals surface area (Å²) in [7, 11) is 0. The molecule has 0 aliphatic heterocycles. The number of phenolic OH excluding ortho intramolecular Hbond substituents is 1. The molecular weight excluding hydrogens is 786 g/mol. The Morgan fingerprint density at radius 1 is 0.600 bits per heavy atom. The van der Waals surface area contributed by atoms with E-state index >= 15 is 0 Å². The normalized spacial score (nSPS) is 13.7. The number of carbonyl (C=O) groups is 8. The molecule has 7 amide bonds. The number of nitrogens with one attached hydrogen (secondary N) is 7. The van der Waals surface area contributed by atoms with Crippen LogP contribution in [-0.2, 0) is 44.8 Å². The van der Waals surface area contributed by atoms with E-state index in [0.29, 0.717) is 5.56 Å². The Morgan fingerprint density at radius 3 is 1.50 bits per heavy atom. The first-order chi connectivity index (χ1) is 28.1. The smallest absolute Gasteiger partial charge is 0.322 e. The number of nitrogens with two attached hydrogens (primary N) is 4. The van der Waals surface area contributed by atoms with Gasteiger partial charge in [-0.3, -0.25) is 48.3 Å². The molecule has 1 aromatic carbocycles. The van der Waals surface area contributed by atoms with Gasteiger partial charge in [0, 0.05) is 26.4 Å². The first-order valence-electron chi connectivity index (χ1n) is 19.3. The van der Waals surface area contributed by atoms with Crippen LogP contribution in [0.5, 0.6) is 5.75 Å². The Morgan fingerprint density at radius 2 is 1.03 bits per heavy atom. The second kappa shape index (κ2) is 26.3. The monoisotopic (exact) mass is 847 g/mol. The molecule has 1 rings (SSSR count). The number of aliphatic imine (C=N–C) groups is 2. The van der Waals surface area contributed by atoms with Gasteiger partial charge in [-0.15, -0.1) is 0 Å². The molecule has 6 atom stereocenters. The Labute approximate surface area is 348 Å². The number of carbonyl (C=O) groups excluding carboxylic acids is 7. The summed E-state index contributed by atoms with van der Waals surface area (Å²) in [6.07, 6.45) is 0.412. The summed E-state index contributed by atoms with van der Waals surface area (Å²) in [6.45, 7) is 7.05. The van der Waals surface area contributed by atoms with Crippen molar-refractivity contribution in [3.05, 3.63) is 29.8 Å². The van der Waals surface area contributed by atoms with E-state index < -0.39 is 90.1 Å². The lowest BCUT2D eigenvalue weighted by molar-refractivity contribution is -0.138. The highest BCUT2D eigenvalue weighted by atomic mass is 16.4. The van der Waals surface area contributed by atoms with Crippen LogP contribution in [0.1, 0.15) is 72.3 Å². The zero-order chi connectivity index (χ0) is 45.5. The number of guanidine groups is 2. The average molecular weight is 848 g/mol. The molecule has 23 nitrogen and oxygen atoms in total. The van der Waals surface area contributed by atoms with Crippen molar-refractivity contribution in [3.63, 3.8) is 0 Å². The van der Waals surface area contributed by atoms with Gasteiger partial charge in [0.05, 0.1) is 0 Å². The number of carboxylic acid groups (broad SMARTS) is 1. The Hall–Kier alpha value is -6.68. The molecule has 1 aromatic rings. The van der Waals surface area contributed by atoms with E-state index in [1.807, 2.05) is 0 Å². The first kappa shape index (κ1) is 51.3. The third-order valence-corrected chi connectivity index (χ3v) is 8.48. The SMILES string of the molecule is CC(=O)N[C@@H](C)C(=O)N[C@@H](CCCN=C(N)N)C(=O)N[C@@H](CCCN=C(N)N)C(=O)N[C@@H](C)C(=O)N[C@@H](Cc1ccc(O)cc1)C(=O)N[C@@H](CC(C)C)C(=O)NCC(=O)O. The molecule has 0 aromatic heterocycles. The second-order valence-corrected chi connectivity index (χ2v) is 14.4. The highest BCUT2D eigenvalue weighted by Crippen LogP contribution is 2.13. The lowest BCUT2D eigenvalue weighted by Gasteiger charge is -2.27. The summed E-state index contributed by atoms with van der Waals surface area (Å²) < 4.78 is 0. The molecule has 0 bridgehead atoms. The van der Waals surface area contributed by atoms with E-state index in [9.17, 15) is 43.5 Å². The molecule has 0 saturated heterocycles. The van der Waals surface area contributed by atoms with Crippen LogP contribution >= 0.6 is 0 Å². The molecule has 23 heteroatoms. The number of carboxylic acids is 1. The third kappa shape index (κ3) is 21.2. The lowest BCUT2D eigenvalue weighted by atomic mass is 10.0. The van der Waals surface area contributed by atoms with Crippen molar-refractivity contribution in [2.45, 2.75) is 109 Å². The van der Waals surface area contributed by atoms with Crippen molar-refractivity contribution in [1.82, 2.24) is 37.2 Å². The van der Waals surface area contributed by atoms with Crippen molar-refractivity contribution >= 4 is 59.2 Å². The van der Waals surface area contributed by atoms with Gasteiger partial charge in [0.15, 0.2) is 11.9 Å². The molecule has 60 heavy (non-hydrogen) atoms. The minimum absolute atomic E-state index is 0.0199. The molecule has 0 fully saturated rings. The van der Waals surface area contributed by atoms with Crippen molar-refractivity contribution < 1.29 is 48.6 Å². The maximum atomic E-state index is 13.7. The number of phenols is 1. The largest absolute Gasteiger partial charge is 0.508 e. The number of amides is 7. The fourth-order valence-electron chi connectivity index (χ4n) is 5.50. The lowest BCUT2D eigenvalue weighted by Crippen LogP contribution is -2.59. The molecule has 0 unspecified atom stereocenters. The van der Waals surface area contributed by atoms with Crippen LogP contribution in [0, 0.1) is 5.92 Å². The van der Waals surface area contributed by atoms with Crippen LogP contribution in [-0.4, -0.2) is 125 Å². The molecule has 0 radical (unpaired) electrons. The van der Waals surface area contributed by atoms with Gasteiger partial charge in [-0.1, -0.05) is 26.0 Å². The van der Waals surface area contributed by atoms with Gasteiger partial charge < -0.3 is 70.4 Å². The fourth-order valence-corrected chi connectivity index (χ4v) is 5.50. The van der Waals surface area contributed by atoms with Gasteiger partial charge in [0.2, 0.25) is 41.4 Å². The Balaban J connectivity index is 3.35. The standard InChI is InChI=1S/C37H61N13O10/c1-19(2)16-27(32(57)44-18-29(53)54)50-35(60)28(17-23-10-12-24(52)13-11-23)49-31(56)21(4)46-33(58)25(8-6-14-42-36(38)39)48-34(59)26(9-7-15-43-37(40)41)47-30(55)20(3)45-22(5)51/h10-13,19-21,25-28,52H,6-9,14-18H2,1-5H3,(H,44,57)(H,45,51)(H,46,58)(H,47,55)(H,48,59)(H,49,56)(H,50,60)(H,53,54)(H4,38,39,42)(H4,40,41,43)/t20-,21-,25-,26-,27-,28-/m0/s1. The van der Waals surface area contributed by atoms with Gasteiger partial charge in [0.1, 0.15) is 48.5 Å². The highest BCUT2D eigenvalue weighted by Gasteiger charge is 2.32. The average Bonchev–Trinajstić information content (AvgIpc) is 3.15. The molecule has 0 aliphatic rings. The minimum atomic E-state index is -1.33. The maximum absolute atomic E-state index is 13.7. The van der Waals surface area contributed by atoms with Crippen LogP contribution < -0.4 is 60.2 Å². The van der Waals surface area contributed by atoms with E-state index in [2.05, 4.69) is 47.2 Å². The molecule has 334 valence electrons. The van der Waals surface area contributed by atoms with Gasteiger partial charge in [-0.25, -0.2) is 0 Å². The molecule has 17 N–H and O–H groups in total. The predicted octanol–water partition coefficient (Wildman–Crippen LogP) is -3.74. The zero-order valence-corrected chi connectivity index (χ0v) is 34.6. The third-order valence-electron chi connectivity index (χ3n) is 8.48. The number of hydrogen-bond acceptors (Lipinski definition) is 11. The fraction of sp³-hybridized carbons (Fsp3) is 0.568. The molecule has 0 heterocycles. The topological polar surface area (TPSA) is 390 Å². The van der Waals surface area contributed by atoms with E-state index in [1.54, 1.807) is 13.8 Å². The van der Waals surface area contributed by atoms with Crippen LogP contribution in [0.25, 0.3) is 0 Å². The van der Waals surface area contributed by atoms with Crippen molar-refractivity contribution in [2.24, 2.45) is 38.8 Å². The number of hydrogen-bond donors (Lipinski definition) is 13. The number of aliphatic carboxylic acids is 1. The predicted molar refractivity (Wildman–Crippen MR) is 220 cm³/mol. The molecular formula is C37H61N13O10. The Kier molecular flexibility index (Phi) is 22.5. The van der Waals surface area contributed by atoms with Crippen molar-refractivity contribution in [2.75, 3.05) is 19.6 Å². The van der Waals surface area contributed by atoms with E-state index in [4.69, 9.17) is 28.0 Å². The summed E-state index contributed by atoms with van der Waals surface area (Å²) in [6, 6.07) is -1.55. The van der Waals surface area contributed by atoms with Crippen molar-refractivity contribution in [3.8, 4) is 5.75 Å². The second-order valence-electron chi connectivity index (χ2n) is 14.4. The van der Waals surface area contributed by atoms with E-state index in [-0.39, 0.29) is 75.2 Å². The summed E-state index contributed by atoms with van der Waals surface area (Å²) in [5.74, 6) is -6.98. The Bertz CT molecular complexity index is 1700. The summed E-state index contributed by atoms with van der Waals surface area (Å²) in [5.41, 5.74) is 22.2. The minimum Gasteiger partial charge on any atom is -0.508 e. The van der Waals surface area contributed by atoms with Crippen LogP contribution in [0.2, 0.25) is 0 Å². The van der Waals surface area contributed by atoms with E-state index in [1.165, 1.54) is 45.0 Å². The van der Waals surface area contributed by atoms with Gasteiger partial charge in [-0.05, 0) is 69.6 Å². The van der Waals surface area contributed by atoms with Gasteiger partial charge >= 0.3 is 5.97 Å².